The number of fused-ring (bicyclic) bond motifs is 2. The fourth-order valence-corrected chi connectivity index (χ4v) is 3.22. The first kappa shape index (κ1) is 8.28. The molecule has 0 aromatic rings. The van der Waals surface area contributed by atoms with E-state index in [-0.39, 0.29) is 0 Å². The molecule has 12 heavy (non-hydrogen) atoms. The third-order valence-corrected chi connectivity index (χ3v) is 4.33. The van der Waals surface area contributed by atoms with Gasteiger partial charge in [-0.1, -0.05) is 20.8 Å². The molecular weight excluding hydrogens is 148 g/mol. The lowest BCUT2D eigenvalue weighted by Gasteiger charge is -2.59. The summed E-state index contributed by atoms with van der Waals surface area (Å²) >= 11 is 0. The van der Waals surface area contributed by atoms with Gasteiger partial charge in [-0.3, -0.25) is 4.79 Å². The molecule has 1 heteroatoms. The van der Waals surface area contributed by atoms with E-state index in [1.54, 1.807) is 0 Å². The highest BCUT2D eigenvalue weighted by molar-refractivity contribution is 5.83. The maximum absolute atomic E-state index is 11.6. The van der Waals surface area contributed by atoms with Crippen LogP contribution in [-0.2, 0) is 4.79 Å². The number of hydrogen-bond acceptors (Lipinski definition) is 1. The molecule has 3 atom stereocenters. The van der Waals surface area contributed by atoms with Crippen LogP contribution in [0.1, 0.15) is 40.0 Å². The van der Waals surface area contributed by atoms with Crippen molar-refractivity contribution in [1.29, 1.82) is 0 Å². The van der Waals surface area contributed by atoms with Gasteiger partial charge in [0.25, 0.3) is 0 Å². The van der Waals surface area contributed by atoms with Gasteiger partial charge >= 0.3 is 0 Å². The van der Waals surface area contributed by atoms with Crippen molar-refractivity contribution in [3.63, 3.8) is 0 Å². The van der Waals surface area contributed by atoms with Gasteiger partial charge < -0.3 is 0 Å². The van der Waals surface area contributed by atoms with E-state index in [1.165, 1.54) is 6.42 Å². The fourth-order valence-electron chi connectivity index (χ4n) is 3.22. The molecule has 3 fully saturated rings. The van der Waals surface area contributed by atoms with E-state index >= 15 is 0 Å². The van der Waals surface area contributed by atoms with E-state index in [0.29, 0.717) is 29.0 Å². The SMILES string of the molecule is CC[C@H]1C(=O)C[C@@H]2C[C@H]1C2(C)C. The zero-order chi connectivity index (χ0) is 8.93. The smallest absolute Gasteiger partial charge is 0.136 e. The molecule has 3 aliphatic carbocycles. The molecule has 0 spiro atoms. The summed E-state index contributed by atoms with van der Waals surface area (Å²) in [6.07, 6.45) is 3.24. The van der Waals surface area contributed by atoms with E-state index in [1.807, 2.05) is 0 Å². The van der Waals surface area contributed by atoms with E-state index < -0.39 is 0 Å². The maximum Gasteiger partial charge on any atom is 0.136 e. The van der Waals surface area contributed by atoms with E-state index in [2.05, 4.69) is 20.8 Å². The molecule has 0 unspecified atom stereocenters. The Morgan fingerprint density at radius 2 is 2.17 bits per heavy atom. The number of rotatable bonds is 1. The zero-order valence-corrected chi connectivity index (χ0v) is 8.26. The van der Waals surface area contributed by atoms with E-state index in [0.717, 1.165) is 12.8 Å². The average molecular weight is 166 g/mol. The Bertz CT molecular complexity index is 217. The second-order valence-electron chi connectivity index (χ2n) is 5.05. The Morgan fingerprint density at radius 1 is 1.50 bits per heavy atom. The van der Waals surface area contributed by atoms with Crippen molar-refractivity contribution in [2.45, 2.75) is 40.0 Å². The number of hydrogen-bond donors (Lipinski definition) is 0. The molecule has 0 heterocycles. The summed E-state index contributed by atoms with van der Waals surface area (Å²) in [6.45, 7) is 6.82. The van der Waals surface area contributed by atoms with Crippen LogP contribution in [0.2, 0.25) is 0 Å². The number of carbonyl (C=O) groups is 1. The van der Waals surface area contributed by atoms with Gasteiger partial charge in [0.15, 0.2) is 0 Å². The zero-order valence-electron chi connectivity index (χ0n) is 8.26. The molecule has 3 aliphatic rings. The lowest BCUT2D eigenvalue weighted by Crippen LogP contribution is -2.55. The summed E-state index contributed by atoms with van der Waals surface area (Å²) < 4.78 is 0. The Morgan fingerprint density at radius 3 is 2.58 bits per heavy atom. The molecule has 2 bridgehead atoms. The summed E-state index contributed by atoms with van der Waals surface area (Å²) in [4.78, 5) is 11.6. The summed E-state index contributed by atoms with van der Waals surface area (Å²) in [6, 6.07) is 0. The maximum atomic E-state index is 11.6. The van der Waals surface area contributed by atoms with Gasteiger partial charge in [0.05, 0.1) is 0 Å². The molecule has 3 saturated carbocycles. The Balaban J connectivity index is 2.20. The minimum absolute atomic E-state index is 0.394. The van der Waals surface area contributed by atoms with Crippen molar-refractivity contribution in [3.8, 4) is 0 Å². The highest BCUT2D eigenvalue weighted by Gasteiger charge is 2.56. The summed E-state index contributed by atoms with van der Waals surface area (Å²) in [7, 11) is 0. The van der Waals surface area contributed by atoms with Crippen molar-refractivity contribution in [2.24, 2.45) is 23.2 Å². The predicted molar refractivity (Wildman–Crippen MR) is 48.8 cm³/mol. The Labute approximate surface area is 74.5 Å². The van der Waals surface area contributed by atoms with Crippen LogP contribution >= 0.6 is 0 Å². The van der Waals surface area contributed by atoms with Gasteiger partial charge in [0, 0.05) is 12.3 Å². The van der Waals surface area contributed by atoms with Crippen LogP contribution in [-0.4, -0.2) is 5.78 Å². The predicted octanol–water partition coefficient (Wildman–Crippen LogP) is 2.65. The largest absolute Gasteiger partial charge is 0.299 e. The second-order valence-corrected chi connectivity index (χ2v) is 5.05. The third kappa shape index (κ3) is 0.826. The normalized spacial score (nSPS) is 43.9. The fraction of sp³-hybridized carbons (Fsp3) is 0.909. The Hall–Kier alpha value is -0.330. The van der Waals surface area contributed by atoms with Gasteiger partial charge in [0.1, 0.15) is 5.78 Å². The molecule has 0 aromatic heterocycles. The van der Waals surface area contributed by atoms with Crippen LogP contribution in [0, 0.1) is 23.2 Å². The van der Waals surface area contributed by atoms with Gasteiger partial charge in [-0.2, -0.15) is 0 Å². The molecule has 0 saturated heterocycles. The Kier molecular flexibility index (Phi) is 1.61. The standard InChI is InChI=1S/C11H18O/c1-4-8-9-5-7(6-10(8)12)11(9,2)3/h7-9H,4-6H2,1-3H3/t7-,8+,9+/m0/s1. The monoisotopic (exact) mass is 166 g/mol. The van der Waals surface area contributed by atoms with Crippen LogP contribution in [0.15, 0.2) is 0 Å². The van der Waals surface area contributed by atoms with Crippen LogP contribution in [0.3, 0.4) is 0 Å². The van der Waals surface area contributed by atoms with E-state index in [9.17, 15) is 4.79 Å². The van der Waals surface area contributed by atoms with Crippen molar-refractivity contribution in [3.05, 3.63) is 0 Å². The molecule has 3 rings (SSSR count). The second kappa shape index (κ2) is 2.34. The van der Waals surface area contributed by atoms with Gasteiger partial charge in [0.2, 0.25) is 0 Å². The van der Waals surface area contributed by atoms with Crippen LogP contribution in [0.25, 0.3) is 0 Å². The molecule has 0 amide bonds. The first-order valence-electron chi connectivity index (χ1n) is 5.10. The quantitative estimate of drug-likeness (QED) is 0.585. The molecule has 0 aromatic carbocycles. The average Bonchev–Trinajstić information content (AvgIpc) is 2.03. The molecule has 0 N–H and O–H groups in total. The topological polar surface area (TPSA) is 17.1 Å². The molecular formula is C11H18O. The highest BCUT2D eigenvalue weighted by Crippen LogP contribution is 2.60. The third-order valence-electron chi connectivity index (χ3n) is 4.33. The summed E-state index contributed by atoms with van der Waals surface area (Å²) in [5, 5.41) is 0. The van der Waals surface area contributed by atoms with Crippen LogP contribution in [0.4, 0.5) is 0 Å². The number of Topliss-reactive ketones (excluding diaryl/α,β-unsaturated/α-hetero) is 1. The lowest BCUT2D eigenvalue weighted by atomic mass is 9.45. The highest BCUT2D eigenvalue weighted by atomic mass is 16.1. The molecule has 1 nitrogen and oxygen atoms in total. The lowest BCUT2D eigenvalue weighted by molar-refractivity contribution is -0.154. The van der Waals surface area contributed by atoms with Crippen LogP contribution < -0.4 is 0 Å². The van der Waals surface area contributed by atoms with Crippen molar-refractivity contribution >= 4 is 5.78 Å². The first-order valence-corrected chi connectivity index (χ1v) is 5.10. The van der Waals surface area contributed by atoms with Gasteiger partial charge in [-0.15, -0.1) is 0 Å². The van der Waals surface area contributed by atoms with Crippen molar-refractivity contribution in [1.82, 2.24) is 0 Å². The summed E-state index contributed by atoms with van der Waals surface area (Å²) in [5.41, 5.74) is 0.467. The minimum atomic E-state index is 0.394. The van der Waals surface area contributed by atoms with Crippen molar-refractivity contribution in [2.75, 3.05) is 0 Å². The minimum Gasteiger partial charge on any atom is -0.299 e. The molecule has 0 aliphatic heterocycles. The molecule has 0 radical (unpaired) electrons. The van der Waals surface area contributed by atoms with Gasteiger partial charge in [-0.25, -0.2) is 0 Å². The summed E-state index contributed by atoms with van der Waals surface area (Å²) in [5.74, 6) is 2.34. The van der Waals surface area contributed by atoms with Crippen molar-refractivity contribution < 1.29 is 4.79 Å². The van der Waals surface area contributed by atoms with Gasteiger partial charge in [-0.05, 0) is 30.1 Å². The number of ketones is 1. The number of carbonyl (C=O) groups excluding carboxylic acids is 1. The van der Waals surface area contributed by atoms with Crippen LogP contribution in [0.5, 0.6) is 0 Å². The first-order chi connectivity index (χ1) is 5.57. The molecule has 68 valence electrons. The van der Waals surface area contributed by atoms with E-state index in [4.69, 9.17) is 0 Å².